The normalized spacial score (nSPS) is 11.5. The topological polar surface area (TPSA) is 9.23 Å². The Labute approximate surface area is 91.9 Å². The Balaban J connectivity index is 2.65. The number of alkyl halides is 3. The van der Waals surface area contributed by atoms with Crippen LogP contribution in [-0.2, 0) is 0 Å². The van der Waals surface area contributed by atoms with Gasteiger partial charge in [-0.1, -0.05) is 11.6 Å². The molecule has 0 saturated carbocycles. The maximum Gasteiger partial charge on any atom is 0.422 e. The van der Waals surface area contributed by atoms with Gasteiger partial charge in [-0.25, -0.2) is 0 Å². The van der Waals surface area contributed by atoms with Crippen LogP contribution in [0.1, 0.15) is 0 Å². The van der Waals surface area contributed by atoms with Crippen molar-refractivity contribution in [1.82, 2.24) is 0 Å². The molecule has 6 heteroatoms. The fourth-order valence-corrected chi connectivity index (χ4v) is 1.15. The molecule has 0 amide bonds. The first-order valence-corrected chi connectivity index (χ1v) is 4.70. The van der Waals surface area contributed by atoms with E-state index < -0.39 is 12.8 Å². The molecule has 0 unspecified atom stereocenters. The number of hydrogen-bond acceptors (Lipinski definition) is 1. The summed E-state index contributed by atoms with van der Waals surface area (Å²) in [5.74, 6) is 0.0931. The van der Waals surface area contributed by atoms with Crippen LogP contribution in [0.15, 0.2) is 22.7 Å². The number of halogens is 5. The summed E-state index contributed by atoms with van der Waals surface area (Å²) in [6.45, 7) is -1.31. The average Bonchev–Trinajstić information content (AvgIpc) is 2.06. The smallest absolute Gasteiger partial charge is 0.422 e. The molecule has 1 nitrogen and oxygen atoms in total. The minimum absolute atomic E-state index is 0.0931. The van der Waals surface area contributed by atoms with Crippen molar-refractivity contribution < 1.29 is 17.9 Å². The summed E-state index contributed by atoms with van der Waals surface area (Å²) in [4.78, 5) is 0. The van der Waals surface area contributed by atoms with Crippen LogP contribution >= 0.6 is 27.5 Å². The highest BCUT2D eigenvalue weighted by Crippen LogP contribution is 2.27. The molecule has 0 atom stereocenters. The molecule has 0 aliphatic heterocycles. The predicted molar refractivity (Wildman–Crippen MR) is 50.7 cm³/mol. The van der Waals surface area contributed by atoms with Gasteiger partial charge in [0.05, 0.1) is 5.02 Å². The Morgan fingerprint density at radius 3 is 2.50 bits per heavy atom. The average molecular weight is 289 g/mol. The van der Waals surface area contributed by atoms with E-state index in [0.717, 1.165) is 0 Å². The third-order valence-electron chi connectivity index (χ3n) is 1.29. The second-order valence-electron chi connectivity index (χ2n) is 2.48. The van der Waals surface area contributed by atoms with E-state index in [0.29, 0.717) is 9.50 Å². The predicted octanol–water partition coefficient (Wildman–Crippen LogP) is 4.04. The Morgan fingerprint density at radius 1 is 1.36 bits per heavy atom. The molecule has 0 saturated heterocycles. The maximum absolute atomic E-state index is 11.8. The van der Waals surface area contributed by atoms with E-state index >= 15 is 0 Å². The molecular formula is C8H5BrClF3O. The van der Waals surface area contributed by atoms with Crippen molar-refractivity contribution in [2.45, 2.75) is 6.18 Å². The highest BCUT2D eigenvalue weighted by atomic mass is 79.9. The van der Waals surface area contributed by atoms with Crippen LogP contribution < -0.4 is 4.74 Å². The van der Waals surface area contributed by atoms with Crippen LogP contribution in [0.2, 0.25) is 5.02 Å². The molecule has 0 fully saturated rings. The van der Waals surface area contributed by atoms with Gasteiger partial charge in [0, 0.05) is 4.47 Å². The van der Waals surface area contributed by atoms with Gasteiger partial charge in [-0.15, -0.1) is 0 Å². The molecule has 0 aliphatic rings. The van der Waals surface area contributed by atoms with E-state index in [2.05, 4.69) is 20.7 Å². The van der Waals surface area contributed by atoms with Gasteiger partial charge in [-0.2, -0.15) is 13.2 Å². The summed E-state index contributed by atoms with van der Waals surface area (Å²) < 4.78 is 40.3. The van der Waals surface area contributed by atoms with Gasteiger partial charge in [0.15, 0.2) is 6.61 Å². The Morgan fingerprint density at radius 2 is 2.00 bits per heavy atom. The minimum atomic E-state index is -4.33. The number of rotatable bonds is 2. The maximum atomic E-state index is 11.8. The molecule has 1 aromatic carbocycles. The zero-order valence-electron chi connectivity index (χ0n) is 6.74. The second-order valence-corrected chi connectivity index (χ2v) is 3.74. The lowest BCUT2D eigenvalue weighted by molar-refractivity contribution is -0.153. The monoisotopic (exact) mass is 288 g/mol. The highest BCUT2D eigenvalue weighted by molar-refractivity contribution is 9.10. The van der Waals surface area contributed by atoms with Crippen LogP contribution in [0, 0.1) is 0 Å². The van der Waals surface area contributed by atoms with E-state index in [-0.39, 0.29) is 5.75 Å². The van der Waals surface area contributed by atoms with Gasteiger partial charge in [0.2, 0.25) is 0 Å². The Kier molecular flexibility index (Phi) is 3.66. The van der Waals surface area contributed by atoms with Crippen molar-refractivity contribution in [2.75, 3.05) is 6.61 Å². The Hall–Kier alpha value is -0.420. The number of hydrogen-bond donors (Lipinski definition) is 0. The van der Waals surface area contributed by atoms with Gasteiger partial charge in [-0.05, 0) is 34.1 Å². The van der Waals surface area contributed by atoms with E-state index in [1.807, 2.05) is 0 Å². The Bertz CT molecular complexity index is 327. The third-order valence-corrected chi connectivity index (χ3v) is 2.53. The van der Waals surface area contributed by atoms with Crippen molar-refractivity contribution in [3.05, 3.63) is 27.7 Å². The summed E-state index contributed by atoms with van der Waals surface area (Å²) in [6.07, 6.45) is -4.33. The molecule has 0 heterocycles. The number of benzene rings is 1. The molecule has 0 N–H and O–H groups in total. The molecule has 0 bridgehead atoms. The second kappa shape index (κ2) is 4.40. The first kappa shape index (κ1) is 11.7. The van der Waals surface area contributed by atoms with Crippen molar-refractivity contribution in [2.24, 2.45) is 0 Å². The fraction of sp³-hybridized carbons (Fsp3) is 0.250. The zero-order valence-corrected chi connectivity index (χ0v) is 9.08. The molecule has 0 aromatic heterocycles. The summed E-state index contributed by atoms with van der Waals surface area (Å²) in [5.41, 5.74) is 0. The van der Waals surface area contributed by atoms with E-state index in [1.165, 1.54) is 18.2 Å². The quantitative estimate of drug-likeness (QED) is 0.798. The van der Waals surface area contributed by atoms with Crippen LogP contribution in [0.5, 0.6) is 5.75 Å². The summed E-state index contributed by atoms with van der Waals surface area (Å²) in [7, 11) is 0. The van der Waals surface area contributed by atoms with Crippen LogP contribution in [0.25, 0.3) is 0 Å². The third kappa shape index (κ3) is 3.75. The molecule has 14 heavy (non-hydrogen) atoms. The van der Waals surface area contributed by atoms with Crippen molar-refractivity contribution in [1.29, 1.82) is 0 Å². The lowest BCUT2D eigenvalue weighted by Crippen LogP contribution is -2.19. The van der Waals surface area contributed by atoms with Crippen LogP contribution in [-0.4, -0.2) is 12.8 Å². The molecular weight excluding hydrogens is 284 g/mol. The summed E-state index contributed by atoms with van der Waals surface area (Å²) in [6, 6.07) is 4.24. The van der Waals surface area contributed by atoms with Crippen molar-refractivity contribution in [3.63, 3.8) is 0 Å². The van der Waals surface area contributed by atoms with Gasteiger partial charge in [-0.3, -0.25) is 0 Å². The lowest BCUT2D eigenvalue weighted by Gasteiger charge is -2.09. The molecule has 0 aliphatic carbocycles. The molecule has 78 valence electrons. The molecule has 1 aromatic rings. The highest BCUT2D eigenvalue weighted by Gasteiger charge is 2.28. The van der Waals surface area contributed by atoms with E-state index in [4.69, 9.17) is 11.6 Å². The van der Waals surface area contributed by atoms with Crippen molar-refractivity contribution >= 4 is 27.5 Å². The molecule has 1 rings (SSSR count). The van der Waals surface area contributed by atoms with Crippen molar-refractivity contribution in [3.8, 4) is 5.75 Å². The zero-order chi connectivity index (χ0) is 10.8. The van der Waals surface area contributed by atoms with E-state index in [1.54, 1.807) is 0 Å². The van der Waals surface area contributed by atoms with E-state index in [9.17, 15) is 13.2 Å². The first-order chi connectivity index (χ1) is 6.38. The summed E-state index contributed by atoms with van der Waals surface area (Å²) in [5, 5.41) is 0.310. The van der Waals surface area contributed by atoms with Crippen LogP contribution in [0.4, 0.5) is 13.2 Å². The van der Waals surface area contributed by atoms with Gasteiger partial charge in [0.25, 0.3) is 0 Å². The minimum Gasteiger partial charge on any atom is -0.484 e. The van der Waals surface area contributed by atoms with Gasteiger partial charge >= 0.3 is 6.18 Å². The number of ether oxygens (including phenoxy) is 1. The molecule has 0 spiro atoms. The molecule has 0 radical (unpaired) electrons. The fourth-order valence-electron chi connectivity index (χ4n) is 0.732. The largest absolute Gasteiger partial charge is 0.484 e. The van der Waals surface area contributed by atoms with Crippen LogP contribution in [0.3, 0.4) is 0 Å². The summed E-state index contributed by atoms with van der Waals surface area (Å²) >= 11 is 8.77. The lowest BCUT2D eigenvalue weighted by atomic mass is 10.3. The van der Waals surface area contributed by atoms with Gasteiger partial charge < -0.3 is 4.74 Å². The SMILES string of the molecule is FC(F)(F)COc1ccc(Br)c(Cl)c1. The van der Waals surface area contributed by atoms with Gasteiger partial charge in [0.1, 0.15) is 5.75 Å². The first-order valence-electron chi connectivity index (χ1n) is 3.53. The standard InChI is InChI=1S/C8H5BrClF3O/c9-6-2-1-5(3-7(6)10)14-4-8(11,12)13/h1-3H,4H2.